The van der Waals surface area contributed by atoms with Crippen LogP contribution in [0.1, 0.15) is 37.3 Å². The van der Waals surface area contributed by atoms with Gasteiger partial charge in [0.15, 0.2) is 9.84 Å². The van der Waals surface area contributed by atoms with Gasteiger partial charge in [0.05, 0.1) is 5.75 Å². The van der Waals surface area contributed by atoms with Gasteiger partial charge in [0.1, 0.15) is 5.75 Å². The molecule has 152 valence electrons. The lowest BCUT2D eigenvalue weighted by atomic mass is 10.1. The maximum Gasteiger partial charge on any atom is 0.237 e. The Balaban J connectivity index is 1.99. The van der Waals surface area contributed by atoms with Crippen molar-refractivity contribution in [2.75, 3.05) is 24.6 Å². The maximum absolute atomic E-state index is 12.8. The van der Waals surface area contributed by atoms with E-state index < -0.39 is 9.84 Å². The van der Waals surface area contributed by atoms with Crippen LogP contribution in [0.25, 0.3) is 0 Å². The number of hydrogen-bond acceptors (Lipinski definition) is 3. The van der Waals surface area contributed by atoms with Crippen molar-refractivity contribution in [1.29, 1.82) is 0 Å². The van der Waals surface area contributed by atoms with E-state index in [-0.39, 0.29) is 17.4 Å². The molecular weight excluding hydrogens is 370 g/mol. The molecule has 0 heterocycles. The van der Waals surface area contributed by atoms with Crippen molar-refractivity contribution in [2.45, 2.75) is 39.0 Å². The molecule has 0 spiro atoms. The summed E-state index contributed by atoms with van der Waals surface area (Å²) in [6, 6.07) is 19.9. The smallest absolute Gasteiger partial charge is 0.237 e. The third-order valence-corrected chi connectivity index (χ3v) is 6.38. The van der Waals surface area contributed by atoms with Gasteiger partial charge in [0.2, 0.25) is 5.91 Å². The average Bonchev–Trinajstić information content (AvgIpc) is 2.69. The van der Waals surface area contributed by atoms with E-state index in [1.807, 2.05) is 67.6 Å². The summed E-state index contributed by atoms with van der Waals surface area (Å²) in [4.78, 5) is 14.5. The van der Waals surface area contributed by atoms with Crippen molar-refractivity contribution in [3.63, 3.8) is 0 Å². The summed E-state index contributed by atoms with van der Waals surface area (Å²) in [5, 5.41) is 0. The van der Waals surface area contributed by atoms with E-state index in [0.717, 1.165) is 36.8 Å². The van der Waals surface area contributed by atoms with E-state index in [9.17, 15) is 13.2 Å². The molecule has 0 radical (unpaired) electrons. The second kappa shape index (κ2) is 11.6. The Bertz CT molecular complexity index is 761. The minimum absolute atomic E-state index is 0.0950. The Morgan fingerprint density at radius 2 is 1.32 bits per heavy atom. The summed E-state index contributed by atoms with van der Waals surface area (Å²) in [6.07, 6.45) is 3.90. The first-order valence-corrected chi connectivity index (χ1v) is 11.9. The minimum atomic E-state index is -3.36. The van der Waals surface area contributed by atoms with Gasteiger partial charge in [-0.05, 0) is 30.4 Å². The SMILES string of the molecule is CCCCCS(=O)(=O)CC(=O)N(CCc1ccccc1)CCc1ccccc1. The molecule has 0 aliphatic heterocycles. The van der Waals surface area contributed by atoms with Gasteiger partial charge in [0.25, 0.3) is 0 Å². The molecule has 0 N–H and O–H groups in total. The van der Waals surface area contributed by atoms with E-state index in [1.165, 1.54) is 0 Å². The summed E-state index contributed by atoms with van der Waals surface area (Å²) in [7, 11) is -3.36. The van der Waals surface area contributed by atoms with Gasteiger partial charge in [-0.2, -0.15) is 0 Å². The molecule has 4 nitrogen and oxygen atoms in total. The highest BCUT2D eigenvalue weighted by atomic mass is 32.2. The van der Waals surface area contributed by atoms with E-state index in [1.54, 1.807) is 4.90 Å². The highest BCUT2D eigenvalue weighted by Gasteiger charge is 2.21. The van der Waals surface area contributed by atoms with E-state index >= 15 is 0 Å². The number of nitrogens with zero attached hydrogens (tertiary/aromatic N) is 1. The van der Waals surface area contributed by atoms with Crippen LogP contribution in [-0.2, 0) is 27.5 Å². The lowest BCUT2D eigenvalue weighted by Gasteiger charge is -2.23. The molecule has 0 bridgehead atoms. The normalized spacial score (nSPS) is 11.3. The lowest BCUT2D eigenvalue weighted by molar-refractivity contribution is -0.128. The Labute approximate surface area is 169 Å². The largest absolute Gasteiger partial charge is 0.341 e. The molecule has 28 heavy (non-hydrogen) atoms. The average molecular weight is 402 g/mol. The van der Waals surface area contributed by atoms with Crippen molar-refractivity contribution in [3.05, 3.63) is 71.8 Å². The zero-order valence-corrected chi connectivity index (χ0v) is 17.5. The number of carbonyl (C=O) groups excluding carboxylic acids is 1. The molecule has 0 aliphatic carbocycles. The van der Waals surface area contributed by atoms with Crippen molar-refractivity contribution in [2.24, 2.45) is 0 Å². The third-order valence-electron chi connectivity index (χ3n) is 4.78. The summed E-state index contributed by atoms with van der Waals surface area (Å²) >= 11 is 0. The number of amides is 1. The number of rotatable bonds is 12. The van der Waals surface area contributed by atoms with Crippen molar-refractivity contribution in [3.8, 4) is 0 Å². The Morgan fingerprint density at radius 1 is 0.821 bits per heavy atom. The molecule has 1 amide bonds. The predicted molar refractivity (Wildman–Crippen MR) is 115 cm³/mol. The van der Waals surface area contributed by atoms with Gasteiger partial charge in [-0.25, -0.2) is 8.42 Å². The van der Waals surface area contributed by atoms with Crippen LogP contribution in [0.4, 0.5) is 0 Å². The number of sulfone groups is 1. The Morgan fingerprint density at radius 3 is 1.79 bits per heavy atom. The quantitative estimate of drug-likeness (QED) is 0.507. The van der Waals surface area contributed by atoms with Crippen LogP contribution in [0.15, 0.2) is 60.7 Å². The molecule has 0 fully saturated rings. The van der Waals surface area contributed by atoms with Crippen molar-refractivity contribution in [1.82, 2.24) is 4.90 Å². The first kappa shape index (κ1) is 22.2. The second-order valence-electron chi connectivity index (χ2n) is 7.15. The Kier molecular flexibility index (Phi) is 9.21. The summed E-state index contributed by atoms with van der Waals surface area (Å²) in [5.74, 6) is -0.582. The molecule has 0 unspecified atom stereocenters. The van der Waals surface area contributed by atoms with Gasteiger partial charge in [-0.15, -0.1) is 0 Å². The molecular formula is C23H31NO3S. The highest BCUT2D eigenvalue weighted by Crippen LogP contribution is 2.08. The van der Waals surface area contributed by atoms with Crippen LogP contribution in [0.3, 0.4) is 0 Å². The molecule has 0 aliphatic rings. The predicted octanol–water partition coefficient (Wildman–Crippen LogP) is 3.91. The lowest BCUT2D eigenvalue weighted by Crippen LogP contribution is -2.39. The topological polar surface area (TPSA) is 54.5 Å². The molecule has 2 aromatic carbocycles. The molecule has 0 atom stereocenters. The number of carbonyl (C=O) groups is 1. The van der Waals surface area contributed by atoms with E-state index in [4.69, 9.17) is 0 Å². The summed E-state index contributed by atoms with van der Waals surface area (Å²) < 4.78 is 24.6. The molecule has 2 aromatic rings. The fourth-order valence-electron chi connectivity index (χ4n) is 3.10. The second-order valence-corrected chi connectivity index (χ2v) is 9.34. The van der Waals surface area contributed by atoms with Crippen molar-refractivity contribution >= 4 is 15.7 Å². The summed E-state index contributed by atoms with van der Waals surface area (Å²) in [5.41, 5.74) is 2.29. The van der Waals surface area contributed by atoms with Crippen LogP contribution >= 0.6 is 0 Å². The molecule has 5 heteroatoms. The zero-order valence-electron chi connectivity index (χ0n) is 16.7. The standard InChI is InChI=1S/C23H31NO3S/c1-2-3-10-19-28(26,27)20-23(25)24(17-15-21-11-6-4-7-12-21)18-16-22-13-8-5-9-14-22/h4-9,11-14H,2-3,10,15-20H2,1H3. The van der Waals surface area contributed by atoms with Crippen LogP contribution in [0, 0.1) is 0 Å². The molecule has 2 rings (SSSR count). The molecule has 0 aromatic heterocycles. The van der Waals surface area contributed by atoms with E-state index in [0.29, 0.717) is 19.5 Å². The van der Waals surface area contributed by atoms with Crippen LogP contribution < -0.4 is 0 Å². The first-order chi connectivity index (χ1) is 13.5. The summed E-state index contributed by atoms with van der Waals surface area (Å²) in [6.45, 7) is 3.09. The van der Waals surface area contributed by atoms with Gasteiger partial charge >= 0.3 is 0 Å². The van der Waals surface area contributed by atoms with Gasteiger partial charge in [-0.1, -0.05) is 80.4 Å². The van der Waals surface area contributed by atoms with E-state index in [2.05, 4.69) is 0 Å². The number of benzene rings is 2. The van der Waals surface area contributed by atoms with Gasteiger partial charge < -0.3 is 4.90 Å². The highest BCUT2D eigenvalue weighted by molar-refractivity contribution is 7.92. The maximum atomic E-state index is 12.8. The Hall–Kier alpha value is -2.14. The van der Waals surface area contributed by atoms with Gasteiger partial charge in [-0.3, -0.25) is 4.79 Å². The minimum Gasteiger partial charge on any atom is -0.341 e. The fourth-order valence-corrected chi connectivity index (χ4v) is 4.45. The molecule has 0 saturated carbocycles. The first-order valence-electron chi connectivity index (χ1n) is 10.1. The van der Waals surface area contributed by atoms with Gasteiger partial charge in [0, 0.05) is 13.1 Å². The van der Waals surface area contributed by atoms with Crippen LogP contribution in [0.5, 0.6) is 0 Å². The van der Waals surface area contributed by atoms with Crippen LogP contribution in [0.2, 0.25) is 0 Å². The third kappa shape index (κ3) is 8.26. The van der Waals surface area contributed by atoms with Crippen LogP contribution in [-0.4, -0.2) is 43.8 Å². The van der Waals surface area contributed by atoms with Crippen molar-refractivity contribution < 1.29 is 13.2 Å². The number of hydrogen-bond donors (Lipinski definition) is 0. The number of unbranched alkanes of at least 4 members (excludes halogenated alkanes) is 2. The zero-order chi connectivity index (χ0) is 20.2. The molecule has 0 saturated heterocycles. The monoisotopic (exact) mass is 401 g/mol. The fraction of sp³-hybridized carbons (Fsp3) is 0.435.